The molecule has 1 heterocycles. The monoisotopic (exact) mass is 284 g/mol. The van der Waals surface area contributed by atoms with Crippen LogP contribution < -0.4 is 0 Å². The molecule has 0 radical (unpaired) electrons. The van der Waals surface area contributed by atoms with Gasteiger partial charge in [0, 0.05) is 16.6 Å². The molecule has 106 valence electrons. The summed E-state index contributed by atoms with van der Waals surface area (Å²) in [7, 11) is 0. The number of hydrogen-bond acceptors (Lipinski definition) is 1. The Morgan fingerprint density at radius 2 is 1.64 bits per heavy atom. The van der Waals surface area contributed by atoms with E-state index >= 15 is 0 Å². The van der Waals surface area contributed by atoms with Gasteiger partial charge in [0.25, 0.3) is 0 Å². The first kappa shape index (κ1) is 12.8. The minimum absolute atomic E-state index is 0.944. The Bertz CT molecular complexity index is 994. The molecule has 0 saturated heterocycles. The van der Waals surface area contributed by atoms with Crippen LogP contribution in [0, 0.1) is 0 Å². The van der Waals surface area contributed by atoms with Crippen molar-refractivity contribution in [2.75, 3.05) is 0 Å². The maximum Gasteiger partial charge on any atom is 0.145 e. The zero-order valence-corrected chi connectivity index (χ0v) is 12.5. The number of fused-ring (bicyclic) bond motifs is 3. The van der Waals surface area contributed by atoms with Gasteiger partial charge in [-0.15, -0.1) is 0 Å². The summed E-state index contributed by atoms with van der Waals surface area (Å²) in [5.41, 5.74) is 4.20. The lowest BCUT2D eigenvalue weighted by molar-refractivity contribution is 1.13. The van der Waals surface area contributed by atoms with Gasteiger partial charge in [0.2, 0.25) is 0 Å². The van der Waals surface area contributed by atoms with Gasteiger partial charge in [-0.2, -0.15) is 0 Å². The summed E-state index contributed by atoms with van der Waals surface area (Å²) < 4.78 is 2.16. The molecule has 2 nitrogen and oxygen atoms in total. The Balaban J connectivity index is 2.17. The van der Waals surface area contributed by atoms with Crippen LogP contribution >= 0.6 is 0 Å². The third kappa shape index (κ3) is 1.85. The molecule has 0 unspecified atom stereocenters. The van der Waals surface area contributed by atoms with E-state index in [0.29, 0.717) is 0 Å². The van der Waals surface area contributed by atoms with E-state index in [9.17, 15) is 0 Å². The largest absolute Gasteiger partial charge is 0.296 e. The second kappa shape index (κ2) is 4.85. The van der Waals surface area contributed by atoms with Crippen LogP contribution in [0.4, 0.5) is 0 Å². The molecular weight excluding hydrogens is 268 g/mol. The highest BCUT2D eigenvalue weighted by molar-refractivity contribution is 6.06. The standard InChI is InChI=1S/C20H16N2/c1-14(2)22-19-17-11-7-6-8-15(17)12-13-18(19)21-20(22)16-9-4-3-5-10-16/h3-13H,1H2,2H3. The SMILES string of the molecule is C=C(C)n1c(-c2ccccc2)nc2ccc3ccccc3c21. The summed E-state index contributed by atoms with van der Waals surface area (Å²) in [4.78, 5) is 4.86. The molecule has 2 heteroatoms. The average Bonchev–Trinajstić information content (AvgIpc) is 2.96. The smallest absolute Gasteiger partial charge is 0.145 e. The zero-order valence-electron chi connectivity index (χ0n) is 12.5. The van der Waals surface area contributed by atoms with Crippen LogP contribution in [0.15, 0.2) is 73.3 Å². The molecule has 0 fully saturated rings. The normalized spacial score (nSPS) is 11.1. The molecule has 1 aromatic heterocycles. The Morgan fingerprint density at radius 3 is 2.41 bits per heavy atom. The molecule has 22 heavy (non-hydrogen) atoms. The van der Waals surface area contributed by atoms with Crippen LogP contribution in [0.2, 0.25) is 0 Å². The van der Waals surface area contributed by atoms with Gasteiger partial charge >= 0.3 is 0 Å². The van der Waals surface area contributed by atoms with Crippen LogP contribution in [0.3, 0.4) is 0 Å². The quantitative estimate of drug-likeness (QED) is 0.485. The van der Waals surface area contributed by atoms with E-state index in [-0.39, 0.29) is 0 Å². The van der Waals surface area contributed by atoms with Crippen molar-refractivity contribution in [3.05, 3.63) is 73.3 Å². The van der Waals surface area contributed by atoms with Crippen molar-refractivity contribution in [2.24, 2.45) is 0 Å². The Labute approximate surface area is 129 Å². The minimum atomic E-state index is 0.944. The molecule has 0 saturated carbocycles. The van der Waals surface area contributed by atoms with E-state index in [1.165, 1.54) is 10.8 Å². The predicted octanol–water partition coefficient (Wildman–Crippen LogP) is 5.35. The van der Waals surface area contributed by atoms with Crippen molar-refractivity contribution in [1.82, 2.24) is 9.55 Å². The molecule has 0 spiro atoms. The Kier molecular flexibility index (Phi) is 2.83. The van der Waals surface area contributed by atoms with E-state index in [1.807, 2.05) is 25.1 Å². The molecule has 4 rings (SSSR count). The summed E-state index contributed by atoms with van der Waals surface area (Å²) in [5, 5.41) is 2.43. The minimum Gasteiger partial charge on any atom is -0.296 e. The predicted molar refractivity (Wildman–Crippen MR) is 93.7 cm³/mol. The fraction of sp³-hybridized carbons (Fsp3) is 0.0500. The van der Waals surface area contributed by atoms with Gasteiger partial charge in [0.1, 0.15) is 5.82 Å². The van der Waals surface area contributed by atoms with Crippen molar-refractivity contribution < 1.29 is 0 Å². The summed E-state index contributed by atoms with van der Waals surface area (Å²) in [6, 6.07) is 22.9. The van der Waals surface area contributed by atoms with Crippen LogP contribution in [0.25, 0.3) is 38.9 Å². The van der Waals surface area contributed by atoms with E-state index in [2.05, 4.69) is 59.7 Å². The third-order valence-corrected chi connectivity index (χ3v) is 3.95. The molecule has 0 aliphatic carbocycles. The first-order valence-corrected chi connectivity index (χ1v) is 7.37. The van der Waals surface area contributed by atoms with Gasteiger partial charge in [0.05, 0.1) is 11.0 Å². The van der Waals surface area contributed by atoms with Crippen LogP contribution in [-0.4, -0.2) is 9.55 Å². The first-order valence-electron chi connectivity index (χ1n) is 7.37. The number of nitrogens with zero attached hydrogens (tertiary/aromatic N) is 2. The Morgan fingerprint density at radius 1 is 0.909 bits per heavy atom. The lowest BCUT2D eigenvalue weighted by Crippen LogP contribution is -1.96. The van der Waals surface area contributed by atoms with Crippen LogP contribution in [0.1, 0.15) is 6.92 Å². The highest BCUT2D eigenvalue weighted by Gasteiger charge is 2.15. The molecule has 4 aromatic rings. The number of hydrogen-bond donors (Lipinski definition) is 0. The molecular formula is C20H16N2. The molecule has 0 N–H and O–H groups in total. The van der Waals surface area contributed by atoms with E-state index in [1.54, 1.807) is 0 Å². The number of rotatable bonds is 2. The maximum absolute atomic E-state index is 4.86. The summed E-state index contributed by atoms with van der Waals surface area (Å²) in [5.74, 6) is 0.944. The maximum atomic E-state index is 4.86. The lowest BCUT2D eigenvalue weighted by Gasteiger charge is -2.10. The first-order chi connectivity index (χ1) is 10.8. The van der Waals surface area contributed by atoms with Crippen molar-refractivity contribution >= 4 is 27.5 Å². The number of imidazole rings is 1. The summed E-state index contributed by atoms with van der Waals surface area (Å²) >= 11 is 0. The molecule has 3 aromatic carbocycles. The fourth-order valence-corrected chi connectivity index (χ4v) is 2.99. The highest BCUT2D eigenvalue weighted by atomic mass is 15.1. The summed E-state index contributed by atoms with van der Waals surface area (Å²) in [6.45, 7) is 6.19. The van der Waals surface area contributed by atoms with Gasteiger partial charge in [-0.05, 0) is 18.4 Å². The topological polar surface area (TPSA) is 17.8 Å². The van der Waals surface area contributed by atoms with E-state index < -0.39 is 0 Å². The van der Waals surface area contributed by atoms with Crippen molar-refractivity contribution in [2.45, 2.75) is 6.92 Å². The number of aromatic nitrogens is 2. The van der Waals surface area contributed by atoms with Crippen LogP contribution in [-0.2, 0) is 0 Å². The van der Waals surface area contributed by atoms with Crippen molar-refractivity contribution in [3.63, 3.8) is 0 Å². The third-order valence-electron chi connectivity index (χ3n) is 3.95. The average molecular weight is 284 g/mol. The van der Waals surface area contributed by atoms with Crippen molar-refractivity contribution in [3.8, 4) is 11.4 Å². The van der Waals surface area contributed by atoms with Gasteiger partial charge in [-0.3, -0.25) is 4.57 Å². The van der Waals surface area contributed by atoms with Gasteiger partial charge in [-0.1, -0.05) is 67.2 Å². The molecule has 0 amide bonds. The van der Waals surface area contributed by atoms with Gasteiger partial charge < -0.3 is 0 Å². The molecule has 0 atom stereocenters. The zero-order chi connectivity index (χ0) is 15.1. The molecule has 0 aliphatic heterocycles. The number of benzene rings is 3. The highest BCUT2D eigenvalue weighted by Crippen LogP contribution is 2.32. The van der Waals surface area contributed by atoms with E-state index in [4.69, 9.17) is 4.98 Å². The van der Waals surface area contributed by atoms with Crippen molar-refractivity contribution in [1.29, 1.82) is 0 Å². The fourth-order valence-electron chi connectivity index (χ4n) is 2.99. The lowest BCUT2D eigenvalue weighted by atomic mass is 10.1. The second-order valence-corrected chi connectivity index (χ2v) is 5.53. The van der Waals surface area contributed by atoms with Crippen LogP contribution in [0.5, 0.6) is 0 Å². The second-order valence-electron chi connectivity index (χ2n) is 5.53. The molecule has 0 aliphatic rings. The summed E-state index contributed by atoms with van der Waals surface area (Å²) in [6.07, 6.45) is 0. The van der Waals surface area contributed by atoms with E-state index in [0.717, 1.165) is 28.1 Å². The van der Waals surface area contributed by atoms with Gasteiger partial charge in [-0.25, -0.2) is 4.98 Å². The molecule has 0 bridgehead atoms. The van der Waals surface area contributed by atoms with Gasteiger partial charge in [0.15, 0.2) is 0 Å². The number of allylic oxidation sites excluding steroid dienone is 1. The Hall–Kier alpha value is -2.87.